The number of amides is 2. The third-order valence-electron chi connectivity index (χ3n) is 0.632. The van der Waals surface area contributed by atoms with Crippen molar-refractivity contribution in [2.45, 2.75) is 0 Å². The molecule has 2 amide bonds. The first-order valence-electron chi connectivity index (χ1n) is 1.82. The summed E-state index contributed by atoms with van der Waals surface area (Å²) in [6, 6.07) is 0. The molecule has 0 saturated carbocycles. The second-order valence-electron chi connectivity index (χ2n) is 1.19. The Labute approximate surface area is 68.4 Å². The van der Waals surface area contributed by atoms with Crippen LogP contribution in [0.25, 0.3) is 0 Å². The van der Waals surface area contributed by atoms with E-state index in [-0.39, 0.29) is 41.4 Å². The average molecular weight is 120 g/mol. The van der Waals surface area contributed by atoms with Gasteiger partial charge in [0.1, 0.15) is 0 Å². The zero-order valence-corrected chi connectivity index (χ0v) is 6.47. The third kappa shape index (κ3) is 1.78. The fourth-order valence-corrected chi connectivity index (χ4v) is 0.356. The van der Waals surface area contributed by atoms with Crippen molar-refractivity contribution < 1.29 is 9.59 Å². The molecule has 1 aliphatic rings. The molecule has 4 heteroatoms. The van der Waals surface area contributed by atoms with Crippen LogP contribution in [0.4, 0.5) is 0 Å². The molecule has 1 radical (unpaired) electrons. The number of hydrogen-bond donors (Lipinski definition) is 1. The first kappa shape index (κ1) is 7.88. The van der Waals surface area contributed by atoms with Gasteiger partial charge in [-0.1, -0.05) is 0 Å². The van der Waals surface area contributed by atoms with Gasteiger partial charge in [-0.05, 0) is 0 Å². The van der Waals surface area contributed by atoms with E-state index in [0.29, 0.717) is 0 Å². The Bertz CT molecular complexity index is 136. The van der Waals surface area contributed by atoms with Gasteiger partial charge in [0.05, 0.1) is 0 Å². The summed E-state index contributed by atoms with van der Waals surface area (Å²) in [6.45, 7) is 0. The van der Waals surface area contributed by atoms with Crippen LogP contribution in [0.2, 0.25) is 0 Å². The Balaban J connectivity index is 0.000000490. The molecule has 0 atom stereocenters. The Kier molecular flexibility index (Phi) is 2.97. The fraction of sp³-hybridized carbons (Fsp3) is 0. The summed E-state index contributed by atoms with van der Waals surface area (Å²) < 4.78 is 0. The molecule has 1 rings (SSSR count). The largest absolute Gasteiger partial charge is 0.289 e. The van der Waals surface area contributed by atoms with Crippen molar-refractivity contribution in [2.75, 3.05) is 0 Å². The normalized spacial score (nSPS) is 15.5. The van der Waals surface area contributed by atoms with E-state index in [2.05, 4.69) is 0 Å². The summed E-state index contributed by atoms with van der Waals surface area (Å²) in [6.07, 6.45) is 2.39. The second kappa shape index (κ2) is 3.02. The summed E-state index contributed by atoms with van der Waals surface area (Å²) in [7, 11) is 0. The van der Waals surface area contributed by atoms with Crippen molar-refractivity contribution in [3.05, 3.63) is 12.2 Å². The van der Waals surface area contributed by atoms with Gasteiger partial charge in [-0.2, -0.15) is 0 Å². The minimum Gasteiger partial charge on any atom is -0.289 e. The number of hydrogen-bond acceptors (Lipinski definition) is 2. The molecule has 0 fully saturated rings. The van der Waals surface area contributed by atoms with Gasteiger partial charge in [0.25, 0.3) is 11.8 Å². The molecule has 0 aromatic rings. The van der Waals surface area contributed by atoms with Gasteiger partial charge in [-0.25, -0.2) is 0 Å². The summed E-state index contributed by atoms with van der Waals surface area (Å²) in [5.74, 6) is -0.657. The summed E-state index contributed by atoms with van der Waals surface area (Å²) in [5, 5.41) is 2.03. The second-order valence-corrected chi connectivity index (χ2v) is 1.19. The first-order chi connectivity index (χ1) is 3.29. The van der Waals surface area contributed by atoms with E-state index in [9.17, 15) is 9.59 Å². The van der Waals surface area contributed by atoms with Crippen molar-refractivity contribution >= 4 is 41.4 Å². The predicted molar refractivity (Wildman–Crippen MR) is 28.0 cm³/mol. The van der Waals surface area contributed by atoms with Crippen LogP contribution in [0, 0.1) is 0 Å². The van der Waals surface area contributed by atoms with E-state index >= 15 is 0 Å². The summed E-state index contributed by atoms with van der Waals surface area (Å²) in [4.78, 5) is 20.1. The molecule has 0 bridgehead atoms. The Morgan fingerprint density at radius 2 is 1.50 bits per heavy atom. The quantitative estimate of drug-likeness (QED) is 0.323. The van der Waals surface area contributed by atoms with Crippen LogP contribution < -0.4 is 5.32 Å². The number of nitrogens with one attached hydrogen (secondary N) is 1. The molecule has 37 valence electrons. The van der Waals surface area contributed by atoms with Crippen molar-refractivity contribution in [2.24, 2.45) is 0 Å². The van der Waals surface area contributed by atoms with Gasteiger partial charge in [-0.3, -0.25) is 14.9 Å². The van der Waals surface area contributed by atoms with Gasteiger partial charge >= 0.3 is 0 Å². The standard InChI is InChI=1S/C4H3NO2.Na/c6-3-1-2-4(7)5-3;/h1-2H,(H,5,6,7);. The van der Waals surface area contributed by atoms with E-state index in [4.69, 9.17) is 0 Å². The Morgan fingerprint density at radius 1 is 1.12 bits per heavy atom. The average Bonchev–Trinajstić information content (AvgIpc) is 1.87. The van der Waals surface area contributed by atoms with Crippen LogP contribution in [0.5, 0.6) is 0 Å². The van der Waals surface area contributed by atoms with Crippen molar-refractivity contribution in [1.29, 1.82) is 0 Å². The van der Waals surface area contributed by atoms with Gasteiger partial charge in [0, 0.05) is 41.7 Å². The zero-order chi connectivity index (χ0) is 5.28. The van der Waals surface area contributed by atoms with Crippen LogP contribution in [0.3, 0.4) is 0 Å². The molecule has 0 unspecified atom stereocenters. The third-order valence-corrected chi connectivity index (χ3v) is 0.632. The van der Waals surface area contributed by atoms with Crippen LogP contribution >= 0.6 is 0 Å². The molecular weight excluding hydrogens is 117 g/mol. The maximum absolute atomic E-state index is 10.0. The van der Waals surface area contributed by atoms with E-state index in [1.807, 2.05) is 5.32 Å². The molecular formula is C4H3NNaO2. The molecule has 0 aromatic carbocycles. The maximum atomic E-state index is 10.0. The Hall–Kier alpha value is -0.120. The number of imide groups is 1. The molecule has 0 aliphatic carbocycles. The SMILES string of the molecule is O=C1C=CC(=O)N1.[Na]. The summed E-state index contributed by atoms with van der Waals surface area (Å²) in [5.41, 5.74) is 0. The van der Waals surface area contributed by atoms with Gasteiger partial charge in [0.15, 0.2) is 0 Å². The smallest absolute Gasteiger partial charge is 0.250 e. The van der Waals surface area contributed by atoms with Crippen molar-refractivity contribution in [1.82, 2.24) is 5.32 Å². The molecule has 1 heterocycles. The first-order valence-corrected chi connectivity index (χ1v) is 1.82. The predicted octanol–water partition coefficient (Wildman–Crippen LogP) is -1.18. The fourth-order valence-electron chi connectivity index (χ4n) is 0.356. The topological polar surface area (TPSA) is 46.2 Å². The van der Waals surface area contributed by atoms with E-state index in [0.717, 1.165) is 0 Å². The monoisotopic (exact) mass is 120 g/mol. The van der Waals surface area contributed by atoms with Crippen LogP contribution in [-0.4, -0.2) is 41.4 Å². The molecule has 1 aliphatic heterocycles. The van der Waals surface area contributed by atoms with Crippen molar-refractivity contribution in [3.63, 3.8) is 0 Å². The maximum Gasteiger partial charge on any atom is 0.250 e. The minimum atomic E-state index is -0.329. The molecule has 1 N–H and O–H groups in total. The van der Waals surface area contributed by atoms with E-state index in [1.165, 1.54) is 12.2 Å². The van der Waals surface area contributed by atoms with Crippen molar-refractivity contribution in [3.8, 4) is 0 Å². The van der Waals surface area contributed by atoms with E-state index < -0.39 is 0 Å². The van der Waals surface area contributed by atoms with Gasteiger partial charge < -0.3 is 0 Å². The molecule has 8 heavy (non-hydrogen) atoms. The molecule has 3 nitrogen and oxygen atoms in total. The van der Waals surface area contributed by atoms with Gasteiger partial charge in [-0.15, -0.1) is 0 Å². The van der Waals surface area contributed by atoms with Crippen LogP contribution in [0.15, 0.2) is 12.2 Å². The number of carbonyl (C=O) groups excluding carboxylic acids is 2. The Morgan fingerprint density at radius 3 is 1.62 bits per heavy atom. The molecule has 0 saturated heterocycles. The zero-order valence-electron chi connectivity index (χ0n) is 4.47. The van der Waals surface area contributed by atoms with Crippen LogP contribution in [-0.2, 0) is 9.59 Å². The number of carbonyl (C=O) groups is 2. The number of rotatable bonds is 0. The molecule has 0 spiro atoms. The molecule has 0 aromatic heterocycles. The van der Waals surface area contributed by atoms with Crippen LogP contribution in [0.1, 0.15) is 0 Å². The minimum absolute atomic E-state index is 0. The summed E-state index contributed by atoms with van der Waals surface area (Å²) >= 11 is 0. The van der Waals surface area contributed by atoms with E-state index in [1.54, 1.807) is 0 Å². The van der Waals surface area contributed by atoms with Gasteiger partial charge in [0.2, 0.25) is 0 Å².